The Morgan fingerprint density at radius 1 is 1.39 bits per heavy atom. The van der Waals surface area contributed by atoms with Gasteiger partial charge in [-0.2, -0.15) is 4.39 Å². The van der Waals surface area contributed by atoms with Crippen molar-refractivity contribution < 1.29 is 9.18 Å². The molecule has 1 N–H and O–H groups in total. The largest absolute Gasteiger partial charge is 0.349 e. The molecule has 100 valence electrons. The average Bonchev–Trinajstić information content (AvgIpc) is 2.36. The van der Waals surface area contributed by atoms with E-state index in [0.29, 0.717) is 0 Å². The van der Waals surface area contributed by atoms with Crippen LogP contribution in [0.15, 0.2) is 18.3 Å². The van der Waals surface area contributed by atoms with Gasteiger partial charge < -0.3 is 5.32 Å². The van der Waals surface area contributed by atoms with Crippen LogP contribution in [0.4, 0.5) is 4.39 Å². The lowest BCUT2D eigenvalue weighted by molar-refractivity contribution is 0.0927. The van der Waals surface area contributed by atoms with Gasteiger partial charge in [-0.3, -0.25) is 4.79 Å². The van der Waals surface area contributed by atoms with Crippen molar-refractivity contribution in [2.24, 2.45) is 0 Å². The van der Waals surface area contributed by atoms with Gasteiger partial charge in [0, 0.05) is 12.2 Å². The Bertz CT molecular complexity index is 382. The van der Waals surface area contributed by atoms with Crippen molar-refractivity contribution in [1.29, 1.82) is 0 Å². The van der Waals surface area contributed by atoms with Crippen molar-refractivity contribution >= 4 is 5.91 Å². The first-order valence-electron chi connectivity index (χ1n) is 6.60. The number of unbranched alkanes of at least 4 members (excludes halogenated alkanes) is 1. The highest BCUT2D eigenvalue weighted by molar-refractivity contribution is 5.94. The molecular weight excluding hydrogens is 231 g/mol. The minimum atomic E-state index is -0.708. The summed E-state index contributed by atoms with van der Waals surface area (Å²) in [6.45, 7) is 4.20. The SMILES string of the molecule is CCCCC(CCC)NC(=O)c1cccnc1F. The summed E-state index contributed by atoms with van der Waals surface area (Å²) in [5, 5.41) is 2.89. The molecule has 0 aliphatic carbocycles. The van der Waals surface area contributed by atoms with Crippen LogP contribution in [0, 0.1) is 5.95 Å². The second-order valence-corrected chi connectivity index (χ2v) is 4.44. The number of aromatic nitrogens is 1. The van der Waals surface area contributed by atoms with E-state index in [1.807, 2.05) is 0 Å². The second kappa shape index (κ2) is 7.80. The zero-order valence-electron chi connectivity index (χ0n) is 11.1. The van der Waals surface area contributed by atoms with Crippen molar-refractivity contribution in [3.05, 3.63) is 29.8 Å². The molecule has 1 atom stereocenters. The molecule has 0 saturated heterocycles. The Kier molecular flexibility index (Phi) is 6.33. The zero-order chi connectivity index (χ0) is 13.4. The van der Waals surface area contributed by atoms with E-state index in [-0.39, 0.29) is 17.5 Å². The highest BCUT2D eigenvalue weighted by Crippen LogP contribution is 2.09. The van der Waals surface area contributed by atoms with Crippen LogP contribution < -0.4 is 5.32 Å². The van der Waals surface area contributed by atoms with Crippen LogP contribution in [0.1, 0.15) is 56.3 Å². The molecule has 18 heavy (non-hydrogen) atoms. The molecule has 0 aromatic carbocycles. The number of hydrogen-bond acceptors (Lipinski definition) is 2. The third-order valence-corrected chi connectivity index (χ3v) is 2.88. The average molecular weight is 252 g/mol. The summed E-state index contributed by atoms with van der Waals surface area (Å²) in [5.74, 6) is -1.07. The van der Waals surface area contributed by atoms with Crippen molar-refractivity contribution in [2.45, 2.75) is 52.0 Å². The van der Waals surface area contributed by atoms with E-state index in [1.165, 1.54) is 12.3 Å². The molecule has 1 rings (SSSR count). The van der Waals surface area contributed by atoms with Crippen molar-refractivity contribution in [3.8, 4) is 0 Å². The standard InChI is InChI=1S/C14H21FN2O/c1-3-5-8-11(7-4-2)17-14(18)12-9-6-10-16-13(12)15/h6,9-11H,3-5,7-8H2,1-2H3,(H,17,18). The smallest absolute Gasteiger partial charge is 0.256 e. The lowest BCUT2D eigenvalue weighted by atomic mass is 10.0. The Morgan fingerprint density at radius 2 is 2.17 bits per heavy atom. The molecule has 3 nitrogen and oxygen atoms in total. The van der Waals surface area contributed by atoms with Gasteiger partial charge >= 0.3 is 0 Å². The minimum Gasteiger partial charge on any atom is -0.349 e. The molecule has 0 fully saturated rings. The highest BCUT2D eigenvalue weighted by atomic mass is 19.1. The first kappa shape index (κ1) is 14.6. The maximum Gasteiger partial charge on any atom is 0.256 e. The number of pyridine rings is 1. The first-order valence-corrected chi connectivity index (χ1v) is 6.60. The molecule has 1 amide bonds. The summed E-state index contributed by atoms with van der Waals surface area (Å²) in [6, 6.07) is 3.15. The van der Waals surface area contributed by atoms with E-state index in [9.17, 15) is 9.18 Å². The lowest BCUT2D eigenvalue weighted by Crippen LogP contribution is -2.35. The molecule has 1 heterocycles. The number of carbonyl (C=O) groups excluding carboxylic acids is 1. The van der Waals surface area contributed by atoms with Crippen LogP contribution in [0.25, 0.3) is 0 Å². The van der Waals surface area contributed by atoms with E-state index in [0.717, 1.165) is 32.1 Å². The molecule has 1 unspecified atom stereocenters. The van der Waals surface area contributed by atoms with E-state index in [4.69, 9.17) is 0 Å². The fourth-order valence-corrected chi connectivity index (χ4v) is 1.91. The number of rotatable bonds is 7. The zero-order valence-corrected chi connectivity index (χ0v) is 11.1. The van der Waals surface area contributed by atoms with Crippen LogP contribution in [-0.2, 0) is 0 Å². The van der Waals surface area contributed by atoms with E-state index in [2.05, 4.69) is 24.1 Å². The Morgan fingerprint density at radius 3 is 2.78 bits per heavy atom. The molecule has 1 aromatic heterocycles. The predicted octanol–water partition coefficient (Wildman–Crippen LogP) is 3.31. The van der Waals surface area contributed by atoms with Gasteiger partial charge in [0.15, 0.2) is 0 Å². The van der Waals surface area contributed by atoms with Crippen LogP contribution in [0.5, 0.6) is 0 Å². The summed E-state index contributed by atoms with van der Waals surface area (Å²) in [5.41, 5.74) is 0.0232. The summed E-state index contributed by atoms with van der Waals surface area (Å²) < 4.78 is 13.4. The number of nitrogens with one attached hydrogen (secondary N) is 1. The van der Waals surface area contributed by atoms with Crippen LogP contribution >= 0.6 is 0 Å². The Hall–Kier alpha value is -1.45. The number of halogens is 1. The molecule has 1 aromatic rings. The number of carbonyl (C=O) groups is 1. The van der Waals surface area contributed by atoms with E-state index >= 15 is 0 Å². The number of nitrogens with zero attached hydrogens (tertiary/aromatic N) is 1. The number of hydrogen-bond donors (Lipinski definition) is 1. The third-order valence-electron chi connectivity index (χ3n) is 2.88. The Balaban J connectivity index is 2.63. The molecule has 0 aliphatic rings. The normalized spacial score (nSPS) is 12.2. The third kappa shape index (κ3) is 4.43. The van der Waals surface area contributed by atoms with Crippen LogP contribution in [0.2, 0.25) is 0 Å². The van der Waals surface area contributed by atoms with Gasteiger partial charge in [-0.15, -0.1) is 0 Å². The summed E-state index contributed by atoms with van der Waals surface area (Å²) >= 11 is 0. The molecule has 4 heteroatoms. The fraction of sp³-hybridized carbons (Fsp3) is 0.571. The van der Waals surface area contributed by atoms with Gasteiger partial charge in [0.1, 0.15) is 0 Å². The van der Waals surface area contributed by atoms with Gasteiger partial charge in [-0.25, -0.2) is 4.98 Å². The monoisotopic (exact) mass is 252 g/mol. The van der Waals surface area contributed by atoms with E-state index in [1.54, 1.807) is 6.07 Å². The van der Waals surface area contributed by atoms with Crippen molar-refractivity contribution in [3.63, 3.8) is 0 Å². The van der Waals surface area contributed by atoms with Gasteiger partial charge in [-0.1, -0.05) is 33.1 Å². The molecule has 0 saturated carbocycles. The number of amides is 1. The van der Waals surface area contributed by atoms with Gasteiger partial charge in [0.25, 0.3) is 5.91 Å². The quantitative estimate of drug-likeness (QED) is 0.756. The second-order valence-electron chi connectivity index (χ2n) is 4.44. The van der Waals surface area contributed by atoms with Crippen LogP contribution in [-0.4, -0.2) is 16.9 Å². The van der Waals surface area contributed by atoms with Gasteiger partial charge in [-0.05, 0) is 25.0 Å². The molecule has 0 radical (unpaired) electrons. The summed E-state index contributed by atoms with van der Waals surface area (Å²) in [6.07, 6.45) is 6.38. The Labute approximate surface area is 108 Å². The molecule has 0 aliphatic heterocycles. The summed E-state index contributed by atoms with van der Waals surface area (Å²) in [4.78, 5) is 15.4. The minimum absolute atomic E-state index is 0.0232. The highest BCUT2D eigenvalue weighted by Gasteiger charge is 2.16. The van der Waals surface area contributed by atoms with Crippen LogP contribution in [0.3, 0.4) is 0 Å². The van der Waals surface area contributed by atoms with Crippen molar-refractivity contribution in [2.75, 3.05) is 0 Å². The first-order chi connectivity index (χ1) is 8.69. The van der Waals surface area contributed by atoms with Gasteiger partial charge in [0.05, 0.1) is 5.56 Å². The lowest BCUT2D eigenvalue weighted by Gasteiger charge is -2.17. The molecule has 0 bridgehead atoms. The maximum absolute atomic E-state index is 13.4. The predicted molar refractivity (Wildman–Crippen MR) is 69.9 cm³/mol. The molecular formula is C14H21FN2O. The van der Waals surface area contributed by atoms with Crippen molar-refractivity contribution in [1.82, 2.24) is 10.3 Å². The summed E-state index contributed by atoms with van der Waals surface area (Å²) in [7, 11) is 0. The van der Waals surface area contributed by atoms with Gasteiger partial charge in [0.2, 0.25) is 5.95 Å². The molecule has 0 spiro atoms. The maximum atomic E-state index is 13.4. The topological polar surface area (TPSA) is 42.0 Å². The van der Waals surface area contributed by atoms with E-state index < -0.39 is 5.95 Å². The fourth-order valence-electron chi connectivity index (χ4n) is 1.91.